The molecule has 1 aliphatic carbocycles. The minimum absolute atomic E-state index is 0.618. The number of benzene rings is 8. The first-order chi connectivity index (χ1) is 29.3. The monoisotopic (exact) mass is 816 g/mol. The highest BCUT2D eigenvalue weighted by atomic mass is 19.4. The number of hydrogen-bond donors (Lipinski definition) is 0. The summed E-state index contributed by atoms with van der Waals surface area (Å²) in [4.78, 5) is 3.90. The van der Waals surface area contributed by atoms with E-state index in [1.807, 2.05) is 121 Å². The fraction of sp³-hybridized carbons (Fsp3) is 0.0943. The van der Waals surface area contributed by atoms with E-state index in [4.69, 9.17) is 0 Å². The molecular weight excluding hydrogens is 779 g/mol. The van der Waals surface area contributed by atoms with Gasteiger partial charge in [0.05, 0.1) is 11.1 Å². The molecule has 0 radical (unpaired) electrons. The molecular formula is C53H38F6N2. The maximum atomic E-state index is 13.4. The van der Waals surface area contributed by atoms with E-state index in [0.717, 1.165) is 97.9 Å². The topological polar surface area (TPSA) is 6.48 Å². The summed E-state index contributed by atoms with van der Waals surface area (Å²) in [6.07, 6.45) is -8.03. The van der Waals surface area contributed by atoms with Gasteiger partial charge in [-0.3, -0.25) is 0 Å². The third kappa shape index (κ3) is 8.01. The number of hydrogen-bond acceptors (Lipinski definition) is 2. The second kappa shape index (κ2) is 15.5. The molecule has 8 aromatic carbocycles. The lowest BCUT2D eigenvalue weighted by Crippen LogP contribution is -2.11. The summed E-state index contributed by atoms with van der Waals surface area (Å²) in [6, 6.07) is 55.4. The summed E-state index contributed by atoms with van der Waals surface area (Å²) in [5.41, 5.74) is 14.2. The van der Waals surface area contributed by atoms with Crippen LogP contribution in [0.3, 0.4) is 0 Å². The average molecular weight is 817 g/mol. The van der Waals surface area contributed by atoms with E-state index in [-0.39, 0.29) is 0 Å². The number of alkyl halides is 6. The highest BCUT2D eigenvalue weighted by molar-refractivity contribution is 5.86. The summed E-state index contributed by atoms with van der Waals surface area (Å²) >= 11 is 0. The molecule has 0 aromatic heterocycles. The molecule has 0 N–H and O–H groups in total. The first kappa shape index (κ1) is 39.4. The minimum Gasteiger partial charge on any atom is -0.311 e. The van der Waals surface area contributed by atoms with Gasteiger partial charge in [-0.1, -0.05) is 83.9 Å². The molecule has 8 aromatic rings. The second-order valence-corrected chi connectivity index (χ2v) is 15.4. The van der Waals surface area contributed by atoms with E-state index in [9.17, 15) is 26.3 Å². The molecule has 302 valence electrons. The lowest BCUT2D eigenvalue weighted by atomic mass is 9.96. The summed E-state index contributed by atoms with van der Waals surface area (Å²) in [5, 5.41) is 0. The Kier molecular flexibility index (Phi) is 10.0. The van der Waals surface area contributed by atoms with Crippen LogP contribution in [0.15, 0.2) is 182 Å². The molecule has 0 heterocycles. The molecule has 0 atom stereocenters. The third-order valence-corrected chi connectivity index (χ3v) is 11.3. The van der Waals surface area contributed by atoms with Gasteiger partial charge in [0.2, 0.25) is 0 Å². The molecule has 0 bridgehead atoms. The molecule has 0 unspecified atom stereocenters. The van der Waals surface area contributed by atoms with Gasteiger partial charge in [0.1, 0.15) is 0 Å². The van der Waals surface area contributed by atoms with Crippen LogP contribution >= 0.6 is 0 Å². The molecule has 0 amide bonds. The zero-order valence-corrected chi connectivity index (χ0v) is 33.2. The molecule has 0 spiro atoms. The van der Waals surface area contributed by atoms with Crippen LogP contribution in [0.1, 0.15) is 33.4 Å². The number of rotatable bonds is 8. The highest BCUT2D eigenvalue weighted by Crippen LogP contribution is 2.44. The third-order valence-electron chi connectivity index (χ3n) is 11.3. The van der Waals surface area contributed by atoms with Crippen molar-refractivity contribution < 1.29 is 26.3 Å². The fourth-order valence-corrected chi connectivity index (χ4v) is 8.01. The van der Waals surface area contributed by atoms with Crippen molar-refractivity contribution in [1.82, 2.24) is 0 Å². The van der Waals surface area contributed by atoms with E-state index in [1.165, 1.54) is 35.4 Å². The normalized spacial score (nSPS) is 12.2. The van der Waals surface area contributed by atoms with Gasteiger partial charge in [0.25, 0.3) is 0 Å². The molecule has 0 saturated heterocycles. The van der Waals surface area contributed by atoms with E-state index >= 15 is 0 Å². The summed E-state index contributed by atoms with van der Waals surface area (Å²) < 4.78 is 80.5. The maximum Gasteiger partial charge on any atom is 0.416 e. The number of halogens is 6. The van der Waals surface area contributed by atoms with E-state index in [2.05, 4.69) is 36.4 Å². The summed E-state index contributed by atoms with van der Waals surface area (Å²) in [5.74, 6) is 0. The van der Waals surface area contributed by atoms with Crippen LogP contribution in [0.4, 0.5) is 60.5 Å². The van der Waals surface area contributed by atoms with Crippen molar-refractivity contribution in [2.45, 2.75) is 32.6 Å². The predicted molar refractivity (Wildman–Crippen MR) is 234 cm³/mol. The van der Waals surface area contributed by atoms with Gasteiger partial charge in [-0.25, -0.2) is 0 Å². The molecule has 2 nitrogen and oxygen atoms in total. The van der Waals surface area contributed by atoms with Crippen molar-refractivity contribution in [3.8, 4) is 33.4 Å². The Hall–Kier alpha value is -7.06. The fourth-order valence-electron chi connectivity index (χ4n) is 8.01. The van der Waals surface area contributed by atoms with Crippen molar-refractivity contribution in [3.05, 3.63) is 215 Å². The van der Waals surface area contributed by atoms with Crippen LogP contribution in [0, 0.1) is 13.8 Å². The van der Waals surface area contributed by atoms with Gasteiger partial charge < -0.3 is 9.80 Å². The Morgan fingerprint density at radius 3 is 0.885 bits per heavy atom. The van der Waals surface area contributed by atoms with Crippen LogP contribution in [-0.2, 0) is 18.8 Å². The van der Waals surface area contributed by atoms with Crippen molar-refractivity contribution in [3.63, 3.8) is 0 Å². The molecule has 61 heavy (non-hydrogen) atoms. The number of anilines is 6. The summed E-state index contributed by atoms with van der Waals surface area (Å²) in [7, 11) is 0. The quantitative estimate of drug-likeness (QED) is 0.141. The van der Waals surface area contributed by atoms with Gasteiger partial charge in [0.15, 0.2) is 0 Å². The number of nitrogens with zero attached hydrogens (tertiary/aromatic N) is 2. The van der Waals surface area contributed by atoms with Gasteiger partial charge in [0, 0.05) is 34.1 Å². The number of aryl methyl sites for hydroxylation is 2. The van der Waals surface area contributed by atoms with E-state index in [0.29, 0.717) is 11.4 Å². The predicted octanol–water partition coefficient (Wildman–Crippen LogP) is 16.2. The molecule has 1 aliphatic rings. The van der Waals surface area contributed by atoms with Gasteiger partial charge in [-0.15, -0.1) is 0 Å². The maximum absolute atomic E-state index is 13.4. The van der Waals surface area contributed by atoms with Crippen LogP contribution in [-0.4, -0.2) is 0 Å². The van der Waals surface area contributed by atoms with Crippen LogP contribution in [0.2, 0.25) is 0 Å². The second-order valence-electron chi connectivity index (χ2n) is 15.4. The lowest BCUT2D eigenvalue weighted by molar-refractivity contribution is -0.138. The Morgan fingerprint density at radius 2 is 0.590 bits per heavy atom. The van der Waals surface area contributed by atoms with Gasteiger partial charge >= 0.3 is 12.4 Å². The van der Waals surface area contributed by atoms with Crippen LogP contribution in [0.25, 0.3) is 33.4 Å². The Bertz CT molecular complexity index is 2630. The van der Waals surface area contributed by atoms with Gasteiger partial charge in [-0.05, 0) is 174 Å². The zero-order chi connectivity index (χ0) is 42.5. The average Bonchev–Trinajstić information content (AvgIpc) is 3.63. The Labute approximate surface area is 350 Å². The first-order valence-corrected chi connectivity index (χ1v) is 19.8. The smallest absolute Gasteiger partial charge is 0.311 e. The highest BCUT2D eigenvalue weighted by Gasteiger charge is 2.31. The van der Waals surface area contributed by atoms with Gasteiger partial charge in [-0.2, -0.15) is 26.3 Å². The molecule has 0 fully saturated rings. The minimum atomic E-state index is -4.42. The standard InChI is InChI=1S/C53H38F6N2/c1-34-3-19-44(20-4-34)60(48-27-15-42(16-28-48)52(54,55)56)46-23-11-36(12-24-46)38-7-9-40-31-41-10-8-39(33-51(41)50(40)32-38)37-13-25-47(26-14-37)61(45-21-5-35(2)6-22-45)49-29-17-43(18-30-49)53(57,58)59/h3-30,32-33H,31H2,1-2H3. The molecule has 0 saturated carbocycles. The Morgan fingerprint density at radius 1 is 0.328 bits per heavy atom. The van der Waals surface area contributed by atoms with E-state index < -0.39 is 23.5 Å². The van der Waals surface area contributed by atoms with Crippen molar-refractivity contribution in [2.24, 2.45) is 0 Å². The van der Waals surface area contributed by atoms with Crippen molar-refractivity contribution in [2.75, 3.05) is 9.80 Å². The zero-order valence-electron chi connectivity index (χ0n) is 33.2. The Balaban J connectivity index is 0.998. The molecule has 0 aliphatic heterocycles. The first-order valence-electron chi connectivity index (χ1n) is 19.8. The lowest BCUT2D eigenvalue weighted by Gasteiger charge is -2.26. The van der Waals surface area contributed by atoms with Crippen molar-refractivity contribution in [1.29, 1.82) is 0 Å². The van der Waals surface area contributed by atoms with Crippen LogP contribution in [0.5, 0.6) is 0 Å². The molecule has 9 rings (SSSR count). The largest absolute Gasteiger partial charge is 0.416 e. The number of fused-ring (bicyclic) bond motifs is 3. The SMILES string of the molecule is Cc1ccc(N(c2ccc(-c3ccc4c(c3)-c3cc(-c5ccc(N(c6ccc(C)cc6)c6ccc(C(F)(F)F)cc6)cc5)ccc3C4)cc2)c2ccc(C(F)(F)F)cc2)cc1. The van der Waals surface area contributed by atoms with Crippen molar-refractivity contribution >= 4 is 34.1 Å². The van der Waals surface area contributed by atoms with E-state index in [1.54, 1.807) is 0 Å². The molecule has 8 heteroatoms. The van der Waals surface area contributed by atoms with Crippen LogP contribution < -0.4 is 9.80 Å². The summed E-state index contributed by atoms with van der Waals surface area (Å²) in [6.45, 7) is 3.98.